The average Bonchev–Trinajstić information content (AvgIpc) is 3.20. The molecule has 33 heavy (non-hydrogen) atoms. The van der Waals surface area contributed by atoms with Crippen molar-refractivity contribution in [2.24, 2.45) is 5.73 Å². The zero-order valence-electron chi connectivity index (χ0n) is 16.3. The van der Waals surface area contributed by atoms with Crippen molar-refractivity contribution in [2.45, 2.75) is 31.1 Å². The number of hydrogen-bond acceptors (Lipinski definition) is 12. The van der Waals surface area contributed by atoms with E-state index in [-0.39, 0.29) is 13.0 Å². The Balaban J connectivity index is 1.53. The topological polar surface area (TPSA) is 266 Å². The van der Waals surface area contributed by atoms with Crippen LogP contribution in [0.5, 0.6) is 0 Å². The second-order valence-corrected chi connectivity index (χ2v) is 11.0. The smallest absolute Gasteiger partial charge is 0.469 e. The maximum atomic E-state index is 12.3. The maximum absolute atomic E-state index is 12.3. The summed E-state index contributed by atoms with van der Waals surface area (Å²) in [7, 11) is -16.8. The number of nitrogens with zero attached hydrogens (tertiary/aromatic N) is 1. The summed E-state index contributed by atoms with van der Waals surface area (Å²) in [5.74, 6) is 0.457. The minimum absolute atomic E-state index is 0.0839. The SMILES string of the molecule is NCC1=CC2=CN(C3CC(O)C(COOP(=O)(O)OP(=O)(O)OP(=O)(O)O)O3)C(=O)NC2O1. The minimum atomic E-state index is -5.71. The molecule has 3 rings (SSSR count). The molecule has 3 aliphatic rings. The van der Waals surface area contributed by atoms with Crippen LogP contribution in [0.4, 0.5) is 4.79 Å². The minimum Gasteiger partial charge on any atom is -0.469 e. The zero-order chi connectivity index (χ0) is 24.6. The van der Waals surface area contributed by atoms with E-state index in [1.165, 1.54) is 6.20 Å². The Morgan fingerprint density at radius 1 is 1.18 bits per heavy atom. The molecular formula is C12H20N3O15P3. The molecule has 6 unspecified atom stereocenters. The van der Waals surface area contributed by atoms with Crippen molar-refractivity contribution in [3.05, 3.63) is 23.6 Å². The lowest BCUT2D eigenvalue weighted by Crippen LogP contribution is -2.51. The predicted octanol–water partition coefficient (Wildman–Crippen LogP) is -1.15. The van der Waals surface area contributed by atoms with Gasteiger partial charge in [0.1, 0.15) is 24.7 Å². The number of amides is 2. The van der Waals surface area contributed by atoms with E-state index in [9.17, 15) is 28.5 Å². The van der Waals surface area contributed by atoms with Crippen molar-refractivity contribution < 1.29 is 70.8 Å². The second kappa shape index (κ2) is 9.81. The number of hydrogen-bond donors (Lipinski definition) is 7. The third-order valence-corrected chi connectivity index (χ3v) is 7.81. The van der Waals surface area contributed by atoms with Gasteiger partial charge in [0.15, 0.2) is 0 Å². The van der Waals surface area contributed by atoms with Gasteiger partial charge in [0.2, 0.25) is 6.23 Å². The number of nitrogens with one attached hydrogen (secondary N) is 1. The van der Waals surface area contributed by atoms with Crippen molar-refractivity contribution in [3.63, 3.8) is 0 Å². The monoisotopic (exact) mass is 539 g/mol. The molecule has 18 nitrogen and oxygen atoms in total. The molecule has 21 heteroatoms. The lowest BCUT2D eigenvalue weighted by atomic mass is 10.1. The fraction of sp³-hybridized carbons (Fsp3) is 0.583. The normalized spacial score (nSPS) is 31.1. The Morgan fingerprint density at radius 3 is 2.52 bits per heavy atom. The fourth-order valence-corrected chi connectivity index (χ4v) is 5.76. The van der Waals surface area contributed by atoms with E-state index in [0.29, 0.717) is 11.3 Å². The fourth-order valence-electron chi connectivity index (χ4n) is 2.95. The summed E-state index contributed by atoms with van der Waals surface area (Å²) < 4.78 is 55.3. The van der Waals surface area contributed by atoms with Crippen LogP contribution in [0.1, 0.15) is 6.42 Å². The predicted molar refractivity (Wildman–Crippen MR) is 101 cm³/mol. The molecule has 0 radical (unpaired) electrons. The number of phosphoric acid groups is 3. The molecule has 0 aromatic rings. The van der Waals surface area contributed by atoms with Gasteiger partial charge in [-0.25, -0.2) is 23.4 Å². The third-order valence-electron chi connectivity index (χ3n) is 4.19. The van der Waals surface area contributed by atoms with Gasteiger partial charge in [0.25, 0.3) is 0 Å². The Labute approximate surface area is 184 Å². The lowest BCUT2D eigenvalue weighted by Gasteiger charge is -2.31. The highest BCUT2D eigenvalue weighted by Crippen LogP contribution is 2.66. The highest BCUT2D eigenvalue weighted by Gasteiger charge is 2.44. The van der Waals surface area contributed by atoms with Crippen molar-refractivity contribution in [1.29, 1.82) is 0 Å². The van der Waals surface area contributed by atoms with Crippen LogP contribution in [-0.4, -0.2) is 73.4 Å². The van der Waals surface area contributed by atoms with E-state index in [0.717, 1.165) is 4.90 Å². The highest BCUT2D eigenvalue weighted by atomic mass is 31.3. The van der Waals surface area contributed by atoms with Crippen LogP contribution in [0.3, 0.4) is 0 Å². The van der Waals surface area contributed by atoms with Crippen molar-refractivity contribution in [2.75, 3.05) is 13.2 Å². The van der Waals surface area contributed by atoms with Crippen molar-refractivity contribution in [1.82, 2.24) is 10.2 Å². The van der Waals surface area contributed by atoms with Gasteiger partial charge in [-0.1, -0.05) is 0 Å². The standard InChI is InChI=1S/C12H20N3O15P3/c13-3-7-1-6-4-15(12(17)14-11(6)26-7)10-2-8(16)9(27-10)5-25-28-32(21,22)30-33(23,24)29-31(18,19)20/h1,4,8-11,16H,2-3,5,13H2,(H,14,17)(H,21,22)(H,23,24)(H2,18,19,20). The summed E-state index contributed by atoms with van der Waals surface area (Å²) >= 11 is 0. The van der Waals surface area contributed by atoms with Gasteiger partial charge in [-0.3, -0.25) is 10.2 Å². The molecule has 0 aliphatic carbocycles. The number of aliphatic hydroxyl groups excluding tert-OH is 1. The molecule has 2 amide bonds. The second-order valence-electron chi connectivity index (χ2n) is 6.68. The Morgan fingerprint density at radius 2 is 1.88 bits per heavy atom. The summed E-state index contributed by atoms with van der Waals surface area (Å²) in [6, 6.07) is -0.595. The molecule has 188 valence electrons. The number of carbonyl (C=O) groups excluding carboxylic acids is 1. The summed E-state index contributed by atoms with van der Waals surface area (Å²) in [6.45, 7) is -0.590. The summed E-state index contributed by atoms with van der Waals surface area (Å²) in [4.78, 5) is 53.2. The molecule has 0 aromatic heterocycles. The van der Waals surface area contributed by atoms with Crippen LogP contribution < -0.4 is 11.1 Å². The first-order valence-electron chi connectivity index (χ1n) is 8.84. The number of rotatable bonds is 10. The van der Waals surface area contributed by atoms with Crippen LogP contribution in [0.2, 0.25) is 0 Å². The summed E-state index contributed by atoms with van der Waals surface area (Å²) in [6.07, 6.45) is -1.09. The molecular weight excluding hydrogens is 519 g/mol. The van der Waals surface area contributed by atoms with Gasteiger partial charge in [0, 0.05) is 18.2 Å². The van der Waals surface area contributed by atoms with E-state index >= 15 is 0 Å². The largest absolute Gasteiger partial charge is 0.508 e. The van der Waals surface area contributed by atoms with Crippen molar-refractivity contribution >= 4 is 29.5 Å². The van der Waals surface area contributed by atoms with Crippen LogP contribution in [0.15, 0.2) is 23.6 Å². The van der Waals surface area contributed by atoms with Gasteiger partial charge in [-0.2, -0.15) is 8.62 Å². The Kier molecular flexibility index (Phi) is 7.85. The van der Waals surface area contributed by atoms with E-state index in [1.54, 1.807) is 6.08 Å². The van der Waals surface area contributed by atoms with E-state index in [2.05, 4.69) is 23.5 Å². The Bertz CT molecular complexity index is 980. The molecule has 8 N–H and O–H groups in total. The number of urea groups is 1. The lowest BCUT2D eigenvalue weighted by molar-refractivity contribution is -0.245. The number of aliphatic hydroxyl groups is 1. The average molecular weight is 539 g/mol. The van der Waals surface area contributed by atoms with Gasteiger partial charge < -0.3 is 39.9 Å². The number of nitrogens with two attached hydrogens (primary N) is 1. The molecule has 3 aliphatic heterocycles. The van der Waals surface area contributed by atoms with Gasteiger partial charge in [0.05, 0.1) is 12.6 Å². The van der Waals surface area contributed by atoms with Crippen molar-refractivity contribution in [3.8, 4) is 0 Å². The summed E-state index contributed by atoms with van der Waals surface area (Å²) in [5, 5.41) is 12.7. The zero-order valence-corrected chi connectivity index (χ0v) is 19.0. The maximum Gasteiger partial charge on any atom is 0.508 e. The van der Waals surface area contributed by atoms with Gasteiger partial charge in [-0.05, 0) is 6.08 Å². The van der Waals surface area contributed by atoms with E-state index in [4.69, 9.17) is 29.9 Å². The quantitative estimate of drug-likeness (QED) is 0.0980. The molecule has 1 fully saturated rings. The molecule has 6 atom stereocenters. The molecule has 0 saturated carbocycles. The van der Waals surface area contributed by atoms with Gasteiger partial charge in [-0.15, -0.1) is 4.67 Å². The number of fused-ring (bicyclic) bond motifs is 1. The molecule has 0 spiro atoms. The number of ether oxygens (including phenoxy) is 2. The molecule has 0 aromatic carbocycles. The Hall–Kier alpha value is -1.20. The third kappa shape index (κ3) is 7.14. The number of carbonyl (C=O) groups is 1. The van der Waals surface area contributed by atoms with Crippen LogP contribution in [-0.2, 0) is 41.4 Å². The van der Waals surface area contributed by atoms with E-state index < -0.39 is 60.8 Å². The van der Waals surface area contributed by atoms with Crippen LogP contribution >= 0.6 is 23.5 Å². The van der Waals surface area contributed by atoms with Gasteiger partial charge >= 0.3 is 29.5 Å². The summed E-state index contributed by atoms with van der Waals surface area (Å²) in [5.41, 5.74) is 6.09. The van der Waals surface area contributed by atoms with Crippen LogP contribution in [0.25, 0.3) is 0 Å². The first-order chi connectivity index (χ1) is 15.2. The molecule has 0 bridgehead atoms. The molecule has 1 saturated heterocycles. The highest BCUT2D eigenvalue weighted by molar-refractivity contribution is 7.66. The first kappa shape index (κ1) is 26.4. The molecule has 3 heterocycles. The van der Waals surface area contributed by atoms with Crippen LogP contribution in [0, 0.1) is 0 Å². The van der Waals surface area contributed by atoms with E-state index in [1.807, 2.05) is 0 Å². The first-order valence-corrected chi connectivity index (χ1v) is 13.4.